The maximum absolute atomic E-state index is 16.2. The van der Waals surface area contributed by atoms with Gasteiger partial charge in [0.25, 0.3) is 12.3 Å². The molecule has 3 atom stereocenters. The number of pyridine rings is 1. The molecule has 5 heterocycles. The Morgan fingerprint density at radius 2 is 1.79 bits per heavy atom. The van der Waals surface area contributed by atoms with Gasteiger partial charge in [0.1, 0.15) is 23.6 Å². The minimum absolute atomic E-state index is 0.132. The Bertz CT molecular complexity index is 2460. The SMILES string of the molecule is Cn1c(=O)n(C2CCC(=O)NC2=O)c2cccc([C@H]3CCN(C[C@H]4CC[C@H](n5cc6cc(NC(=O)c7cccc(C(F)F)n7)c(C(C)(C)O)cc6n5)CC4)C[C@H]3F)c21. The number of imide groups is 1. The Morgan fingerprint density at radius 1 is 1.03 bits per heavy atom. The number of benzene rings is 2. The van der Waals surface area contributed by atoms with Crippen molar-refractivity contribution < 1.29 is 32.7 Å². The van der Waals surface area contributed by atoms with E-state index < -0.39 is 47.7 Å². The summed E-state index contributed by atoms with van der Waals surface area (Å²) in [6.07, 6.45) is 2.55. The number of carbonyl (C=O) groups is 3. The number of hydrogen-bond acceptors (Lipinski definition) is 8. The first-order chi connectivity index (χ1) is 27.7. The lowest BCUT2D eigenvalue weighted by atomic mass is 9.83. The Morgan fingerprint density at radius 3 is 2.50 bits per heavy atom. The van der Waals surface area contributed by atoms with Crippen LogP contribution in [-0.2, 0) is 22.2 Å². The first kappa shape index (κ1) is 39.5. The topological polar surface area (TPSA) is 156 Å². The summed E-state index contributed by atoms with van der Waals surface area (Å²) in [6.45, 7) is 4.97. The molecule has 3 amide bonds. The Labute approximate surface area is 332 Å². The molecule has 2 saturated heterocycles. The van der Waals surface area contributed by atoms with E-state index in [1.165, 1.54) is 21.3 Å². The molecule has 2 aliphatic heterocycles. The lowest BCUT2D eigenvalue weighted by Gasteiger charge is -2.38. The molecule has 3 fully saturated rings. The smallest absolute Gasteiger partial charge is 0.329 e. The molecule has 0 radical (unpaired) electrons. The highest BCUT2D eigenvalue weighted by Crippen LogP contribution is 2.39. The maximum atomic E-state index is 16.2. The minimum atomic E-state index is -2.82. The van der Waals surface area contributed by atoms with Gasteiger partial charge in [-0.05, 0) is 101 Å². The van der Waals surface area contributed by atoms with Gasteiger partial charge >= 0.3 is 5.69 Å². The third kappa shape index (κ3) is 7.54. The molecule has 3 aliphatic rings. The van der Waals surface area contributed by atoms with E-state index in [0.29, 0.717) is 46.7 Å². The second-order valence-electron chi connectivity index (χ2n) is 16.6. The van der Waals surface area contributed by atoms with E-state index in [-0.39, 0.29) is 42.7 Å². The molecule has 3 aromatic heterocycles. The summed E-state index contributed by atoms with van der Waals surface area (Å²) in [5, 5.41) is 21.7. The van der Waals surface area contributed by atoms with Gasteiger partial charge in [0, 0.05) is 55.3 Å². The lowest BCUT2D eigenvalue weighted by molar-refractivity contribution is -0.135. The van der Waals surface area contributed by atoms with Crippen molar-refractivity contribution in [2.45, 2.75) is 95.0 Å². The normalized spacial score (nSPS) is 23.5. The molecule has 58 heavy (non-hydrogen) atoms. The second-order valence-corrected chi connectivity index (χ2v) is 16.6. The van der Waals surface area contributed by atoms with E-state index in [1.54, 1.807) is 45.2 Å². The summed E-state index contributed by atoms with van der Waals surface area (Å²) >= 11 is 0. The van der Waals surface area contributed by atoms with Crippen LogP contribution >= 0.6 is 0 Å². The number of aryl methyl sites for hydroxylation is 1. The zero-order valence-electron chi connectivity index (χ0n) is 32.6. The van der Waals surface area contributed by atoms with Gasteiger partial charge in [-0.25, -0.2) is 22.9 Å². The highest BCUT2D eigenvalue weighted by molar-refractivity contribution is 6.04. The fourth-order valence-corrected chi connectivity index (χ4v) is 9.21. The molecule has 1 aliphatic carbocycles. The number of para-hydroxylation sites is 1. The van der Waals surface area contributed by atoms with Gasteiger partial charge in [-0.15, -0.1) is 0 Å². The molecular weight excluding hydrogens is 754 g/mol. The van der Waals surface area contributed by atoms with Crippen molar-refractivity contribution in [3.8, 4) is 0 Å². The lowest BCUT2D eigenvalue weighted by Crippen LogP contribution is -2.44. The maximum Gasteiger partial charge on any atom is 0.329 e. The monoisotopic (exact) mass is 800 g/mol. The van der Waals surface area contributed by atoms with Crippen LogP contribution in [0.5, 0.6) is 0 Å². The number of hydrogen-bond donors (Lipinski definition) is 3. The summed E-state index contributed by atoms with van der Waals surface area (Å²) in [5.74, 6) is -1.56. The van der Waals surface area contributed by atoms with Crippen LogP contribution in [0.4, 0.5) is 18.9 Å². The predicted octanol–water partition coefficient (Wildman–Crippen LogP) is 6.04. The zero-order valence-corrected chi connectivity index (χ0v) is 32.6. The van der Waals surface area contributed by atoms with E-state index in [9.17, 15) is 33.1 Å². The molecule has 16 heteroatoms. The number of amides is 3. The number of aliphatic hydroxyl groups is 1. The third-order valence-electron chi connectivity index (χ3n) is 12.2. The third-order valence-corrected chi connectivity index (χ3v) is 12.2. The number of alkyl halides is 3. The van der Waals surface area contributed by atoms with Crippen LogP contribution in [-0.4, -0.2) is 77.4 Å². The van der Waals surface area contributed by atoms with Gasteiger partial charge in [0.2, 0.25) is 11.8 Å². The summed E-state index contributed by atoms with van der Waals surface area (Å²) in [5.41, 5.74) is 0.962. The number of rotatable bonds is 9. The van der Waals surface area contributed by atoms with Gasteiger partial charge in [-0.1, -0.05) is 18.2 Å². The number of fused-ring (bicyclic) bond motifs is 2. The quantitative estimate of drug-likeness (QED) is 0.153. The van der Waals surface area contributed by atoms with E-state index in [1.807, 2.05) is 16.9 Å². The van der Waals surface area contributed by atoms with Gasteiger partial charge in [0.15, 0.2) is 0 Å². The number of aromatic nitrogens is 5. The Balaban J connectivity index is 0.911. The van der Waals surface area contributed by atoms with Crippen molar-refractivity contribution in [2.75, 3.05) is 25.0 Å². The number of imidazole rings is 1. The van der Waals surface area contributed by atoms with Gasteiger partial charge in [-0.2, -0.15) is 5.10 Å². The Hall–Kier alpha value is -5.35. The molecule has 2 aromatic carbocycles. The largest absolute Gasteiger partial charge is 0.386 e. The van der Waals surface area contributed by atoms with Crippen molar-refractivity contribution in [3.05, 3.63) is 87.7 Å². The standard InChI is InChI=1S/C42H47F3N8O5/c1-42(2,58)28-19-32-24(18-33(28)47-39(55)31-8-5-7-30(46-31)38(44)45)21-52(49-32)25-12-10-23(11-13-25)20-51-17-16-26(29(43)22-51)27-6-4-9-34-37(27)50(3)41(57)53(34)35-14-15-36(54)48-40(35)56/h4-9,18-19,21,23,25-26,29,35,38,58H,10-17,20,22H2,1-3H3,(H,47,55)(H,48,54,56)/t23-,25-,26-,29-,35?/m1/s1. The molecule has 0 bridgehead atoms. The fraction of sp³-hybridized carbons (Fsp3) is 0.476. The zero-order chi connectivity index (χ0) is 41.0. The van der Waals surface area contributed by atoms with Crippen molar-refractivity contribution in [1.82, 2.24) is 34.1 Å². The summed E-state index contributed by atoms with van der Waals surface area (Å²) in [4.78, 5) is 57.0. The molecule has 1 saturated carbocycles. The van der Waals surface area contributed by atoms with Crippen LogP contribution in [0.3, 0.4) is 0 Å². The highest BCUT2D eigenvalue weighted by atomic mass is 19.3. The molecule has 13 nitrogen and oxygen atoms in total. The molecule has 306 valence electrons. The number of nitrogens with zero attached hydrogens (tertiary/aromatic N) is 6. The van der Waals surface area contributed by atoms with E-state index in [0.717, 1.165) is 49.2 Å². The second kappa shape index (κ2) is 15.4. The van der Waals surface area contributed by atoms with Crippen LogP contribution in [0.1, 0.15) is 111 Å². The summed E-state index contributed by atoms with van der Waals surface area (Å²) in [6, 6.07) is 12.1. The molecule has 3 N–H and O–H groups in total. The van der Waals surface area contributed by atoms with Gasteiger partial charge in [-0.3, -0.25) is 33.5 Å². The minimum Gasteiger partial charge on any atom is -0.386 e. The van der Waals surface area contributed by atoms with E-state index in [2.05, 4.69) is 20.5 Å². The van der Waals surface area contributed by atoms with E-state index >= 15 is 4.39 Å². The van der Waals surface area contributed by atoms with Gasteiger partial charge in [0.05, 0.1) is 28.2 Å². The average Bonchev–Trinajstić information content (AvgIpc) is 3.72. The molecule has 0 spiro atoms. The number of carbonyl (C=O) groups excluding carboxylic acids is 3. The van der Waals surface area contributed by atoms with Crippen LogP contribution in [0.15, 0.2) is 59.5 Å². The van der Waals surface area contributed by atoms with E-state index in [4.69, 9.17) is 5.10 Å². The van der Waals surface area contributed by atoms with Gasteiger partial charge < -0.3 is 15.3 Å². The first-order valence-corrected chi connectivity index (χ1v) is 19.9. The average molecular weight is 801 g/mol. The predicted molar refractivity (Wildman–Crippen MR) is 210 cm³/mol. The van der Waals surface area contributed by atoms with Crippen LogP contribution in [0, 0.1) is 5.92 Å². The number of anilines is 1. The van der Waals surface area contributed by atoms with Crippen LogP contribution in [0.25, 0.3) is 21.9 Å². The number of likely N-dealkylation sites (tertiary alicyclic amines) is 1. The molecule has 5 aromatic rings. The van der Waals surface area contributed by atoms with Crippen molar-refractivity contribution in [3.63, 3.8) is 0 Å². The van der Waals surface area contributed by atoms with Crippen molar-refractivity contribution >= 4 is 45.3 Å². The summed E-state index contributed by atoms with van der Waals surface area (Å²) in [7, 11) is 1.65. The number of halogens is 3. The molecule has 8 rings (SSSR count). The molecular formula is C42H47F3N8O5. The fourth-order valence-electron chi connectivity index (χ4n) is 9.21. The first-order valence-electron chi connectivity index (χ1n) is 19.9. The van der Waals surface area contributed by atoms with Crippen LogP contribution in [0.2, 0.25) is 0 Å². The molecule has 1 unspecified atom stereocenters. The van der Waals surface area contributed by atoms with Crippen LogP contribution < -0.4 is 16.3 Å². The number of nitrogens with one attached hydrogen (secondary N) is 2. The highest BCUT2D eigenvalue weighted by Gasteiger charge is 2.36. The van der Waals surface area contributed by atoms with Crippen molar-refractivity contribution in [2.24, 2.45) is 13.0 Å². The Kier molecular flexibility index (Phi) is 10.5. The number of piperidine rings is 2. The van der Waals surface area contributed by atoms with Crippen molar-refractivity contribution in [1.29, 1.82) is 0 Å². The summed E-state index contributed by atoms with van der Waals surface area (Å²) < 4.78 is 47.5.